The molecule has 0 aliphatic carbocycles. The van der Waals surface area contributed by atoms with Gasteiger partial charge in [0.2, 0.25) is 3.79 Å². The molecule has 0 saturated carbocycles. The first-order valence-corrected chi connectivity index (χ1v) is 5.99. The van der Waals surface area contributed by atoms with Gasteiger partial charge in [-0.25, -0.2) is 4.79 Å². The Morgan fingerprint density at radius 3 is 2.47 bits per heavy atom. The predicted molar refractivity (Wildman–Crippen MR) is 71.2 cm³/mol. The van der Waals surface area contributed by atoms with Crippen LogP contribution in [-0.4, -0.2) is 16.5 Å². The maximum Gasteiger partial charge on any atom is 0.411 e. The second-order valence-electron chi connectivity index (χ2n) is 3.62. The van der Waals surface area contributed by atoms with E-state index in [4.69, 9.17) is 39.5 Å². The van der Waals surface area contributed by atoms with Crippen molar-refractivity contribution in [3.8, 4) is 0 Å². The second kappa shape index (κ2) is 5.80. The highest BCUT2D eigenvalue weighted by atomic mass is 35.6. The Balaban J connectivity index is 2.54. The number of carbonyl (C=O) groups excluding carboxylic acids is 1. The minimum Gasteiger partial charge on any atom is -0.445 e. The number of rotatable bonds is 2. The molecule has 17 heavy (non-hydrogen) atoms. The SMILES string of the molecule is Cc1ccc(NC(=O)OCC(Cl)(Cl)Cl)cc1C. The zero-order valence-electron chi connectivity index (χ0n) is 9.39. The van der Waals surface area contributed by atoms with Gasteiger partial charge in [0, 0.05) is 5.69 Å². The number of amides is 1. The molecule has 94 valence electrons. The van der Waals surface area contributed by atoms with Gasteiger partial charge in [0.25, 0.3) is 0 Å². The standard InChI is InChI=1S/C11H12Cl3NO2/c1-7-3-4-9(5-8(7)2)15-10(16)17-6-11(12,13)14/h3-5H,6H2,1-2H3,(H,15,16). The van der Waals surface area contributed by atoms with Gasteiger partial charge in [-0.15, -0.1) is 0 Å². The summed E-state index contributed by atoms with van der Waals surface area (Å²) in [6.45, 7) is 3.64. The Kier molecular flexibility index (Phi) is 4.92. The van der Waals surface area contributed by atoms with E-state index < -0.39 is 9.89 Å². The highest BCUT2D eigenvalue weighted by molar-refractivity contribution is 6.67. The van der Waals surface area contributed by atoms with Crippen molar-refractivity contribution in [2.24, 2.45) is 0 Å². The number of ether oxygens (including phenoxy) is 1. The van der Waals surface area contributed by atoms with Crippen molar-refractivity contribution in [1.82, 2.24) is 0 Å². The molecule has 0 unspecified atom stereocenters. The second-order valence-corrected chi connectivity index (χ2v) is 6.13. The number of anilines is 1. The summed E-state index contributed by atoms with van der Waals surface area (Å²) in [5, 5.41) is 2.55. The Hall–Kier alpha value is -0.640. The van der Waals surface area contributed by atoms with Gasteiger partial charge >= 0.3 is 6.09 Å². The van der Waals surface area contributed by atoms with Crippen LogP contribution in [0.5, 0.6) is 0 Å². The zero-order valence-corrected chi connectivity index (χ0v) is 11.7. The number of alkyl halides is 3. The lowest BCUT2D eigenvalue weighted by atomic mass is 10.1. The van der Waals surface area contributed by atoms with E-state index in [9.17, 15) is 4.79 Å². The summed E-state index contributed by atoms with van der Waals surface area (Å²) < 4.78 is 3.14. The van der Waals surface area contributed by atoms with E-state index in [1.807, 2.05) is 26.0 Å². The van der Waals surface area contributed by atoms with Crippen molar-refractivity contribution < 1.29 is 9.53 Å². The number of carbonyl (C=O) groups is 1. The van der Waals surface area contributed by atoms with Crippen molar-refractivity contribution in [3.05, 3.63) is 29.3 Å². The van der Waals surface area contributed by atoms with Gasteiger partial charge in [-0.1, -0.05) is 40.9 Å². The van der Waals surface area contributed by atoms with Crippen molar-refractivity contribution >= 4 is 46.6 Å². The van der Waals surface area contributed by atoms with Gasteiger partial charge in [-0.2, -0.15) is 0 Å². The molecule has 0 bridgehead atoms. The van der Waals surface area contributed by atoms with Crippen LogP contribution in [-0.2, 0) is 4.74 Å². The fraction of sp³-hybridized carbons (Fsp3) is 0.364. The minimum atomic E-state index is -1.60. The highest BCUT2D eigenvalue weighted by Crippen LogP contribution is 2.26. The van der Waals surface area contributed by atoms with Crippen LogP contribution < -0.4 is 5.32 Å². The minimum absolute atomic E-state index is 0.297. The smallest absolute Gasteiger partial charge is 0.411 e. The van der Waals surface area contributed by atoms with E-state index in [1.165, 1.54) is 0 Å². The summed E-state index contributed by atoms with van der Waals surface area (Å²) in [6, 6.07) is 5.52. The average Bonchev–Trinajstić information content (AvgIpc) is 2.20. The van der Waals surface area contributed by atoms with E-state index >= 15 is 0 Å². The first kappa shape index (κ1) is 14.4. The molecule has 0 aliphatic rings. The van der Waals surface area contributed by atoms with Gasteiger partial charge in [0.1, 0.15) is 6.61 Å². The number of hydrogen-bond acceptors (Lipinski definition) is 2. The van der Waals surface area contributed by atoms with E-state index in [0.717, 1.165) is 11.1 Å². The third kappa shape index (κ3) is 5.48. The fourth-order valence-electron chi connectivity index (χ4n) is 1.12. The quantitative estimate of drug-likeness (QED) is 0.830. The Labute approximate surface area is 115 Å². The summed E-state index contributed by atoms with van der Waals surface area (Å²) in [7, 11) is 0. The molecule has 0 saturated heterocycles. The van der Waals surface area contributed by atoms with Crippen LogP contribution in [0.15, 0.2) is 18.2 Å². The molecule has 3 nitrogen and oxygen atoms in total. The van der Waals surface area contributed by atoms with Gasteiger partial charge in [0.15, 0.2) is 0 Å². The van der Waals surface area contributed by atoms with Gasteiger partial charge in [-0.05, 0) is 37.1 Å². The molecule has 0 fully saturated rings. The number of aryl methyl sites for hydroxylation is 2. The van der Waals surface area contributed by atoms with E-state index in [1.54, 1.807) is 6.07 Å². The van der Waals surface area contributed by atoms with Crippen molar-refractivity contribution in [1.29, 1.82) is 0 Å². The molecule has 1 rings (SSSR count). The third-order valence-corrected chi connectivity index (χ3v) is 2.45. The Morgan fingerprint density at radius 2 is 1.94 bits per heavy atom. The van der Waals surface area contributed by atoms with Crippen molar-refractivity contribution in [3.63, 3.8) is 0 Å². The number of halogens is 3. The van der Waals surface area contributed by atoms with Gasteiger partial charge in [-0.3, -0.25) is 5.32 Å². The summed E-state index contributed by atoms with van der Waals surface area (Å²) in [5.41, 5.74) is 2.86. The molecule has 1 aromatic rings. The zero-order chi connectivity index (χ0) is 13.1. The maximum atomic E-state index is 11.3. The van der Waals surface area contributed by atoms with Crippen molar-refractivity contribution in [2.45, 2.75) is 17.6 Å². The first-order valence-electron chi connectivity index (χ1n) is 4.86. The monoisotopic (exact) mass is 295 g/mol. The Morgan fingerprint density at radius 1 is 1.29 bits per heavy atom. The number of nitrogens with one attached hydrogen (secondary N) is 1. The van der Waals surface area contributed by atoms with Crippen LogP contribution in [0.25, 0.3) is 0 Å². The largest absolute Gasteiger partial charge is 0.445 e. The fourth-order valence-corrected chi connectivity index (χ4v) is 1.28. The molecule has 1 aromatic carbocycles. The van der Waals surface area contributed by atoms with E-state index in [0.29, 0.717) is 5.69 Å². The number of benzene rings is 1. The van der Waals surface area contributed by atoms with E-state index in [2.05, 4.69) is 5.32 Å². The lowest BCUT2D eigenvalue weighted by Crippen LogP contribution is -2.21. The van der Waals surface area contributed by atoms with E-state index in [-0.39, 0.29) is 6.61 Å². The Bertz CT molecular complexity index is 416. The summed E-state index contributed by atoms with van der Waals surface area (Å²) in [4.78, 5) is 11.3. The highest BCUT2D eigenvalue weighted by Gasteiger charge is 2.22. The molecule has 0 radical (unpaired) electrons. The molecule has 1 N–H and O–H groups in total. The van der Waals surface area contributed by atoms with Crippen LogP contribution in [0.2, 0.25) is 0 Å². The van der Waals surface area contributed by atoms with Crippen LogP contribution >= 0.6 is 34.8 Å². The van der Waals surface area contributed by atoms with Crippen LogP contribution in [0, 0.1) is 13.8 Å². The molecule has 1 amide bonds. The first-order chi connectivity index (χ1) is 7.78. The van der Waals surface area contributed by atoms with Crippen LogP contribution in [0.3, 0.4) is 0 Å². The predicted octanol–water partition coefficient (Wildman–Crippen LogP) is 4.22. The van der Waals surface area contributed by atoms with Gasteiger partial charge in [0.05, 0.1) is 0 Å². The molecule has 0 aliphatic heterocycles. The lowest BCUT2D eigenvalue weighted by Gasteiger charge is -2.12. The molecular formula is C11H12Cl3NO2. The number of hydrogen-bond donors (Lipinski definition) is 1. The average molecular weight is 297 g/mol. The molecule has 6 heteroatoms. The molecule has 0 aromatic heterocycles. The molecule has 0 spiro atoms. The maximum absolute atomic E-state index is 11.3. The van der Waals surface area contributed by atoms with Crippen LogP contribution in [0.1, 0.15) is 11.1 Å². The third-order valence-electron chi connectivity index (χ3n) is 2.12. The molecule has 0 atom stereocenters. The summed E-state index contributed by atoms with van der Waals surface area (Å²) >= 11 is 16.4. The normalized spacial score (nSPS) is 11.1. The summed E-state index contributed by atoms with van der Waals surface area (Å²) in [6.07, 6.45) is -0.653. The van der Waals surface area contributed by atoms with Crippen LogP contribution in [0.4, 0.5) is 10.5 Å². The van der Waals surface area contributed by atoms with Gasteiger partial charge < -0.3 is 4.74 Å². The topological polar surface area (TPSA) is 38.3 Å². The summed E-state index contributed by atoms with van der Waals surface area (Å²) in [5.74, 6) is 0. The molecular weight excluding hydrogens is 284 g/mol. The van der Waals surface area contributed by atoms with Crippen molar-refractivity contribution in [2.75, 3.05) is 11.9 Å². The molecule has 0 heterocycles. The lowest BCUT2D eigenvalue weighted by molar-refractivity contribution is 0.164.